The number of nitrogens with two attached hydrogens (primary N) is 1. The van der Waals surface area contributed by atoms with Gasteiger partial charge < -0.3 is 16.2 Å². The summed E-state index contributed by atoms with van der Waals surface area (Å²) >= 11 is 0. The minimum absolute atomic E-state index is 0.102. The van der Waals surface area contributed by atoms with Gasteiger partial charge in [-0.15, -0.1) is 0 Å². The van der Waals surface area contributed by atoms with E-state index < -0.39 is 18.1 Å². The number of carbonyl (C=O) groups is 2. The zero-order chi connectivity index (χ0) is 12.7. The predicted octanol–water partition coefficient (Wildman–Crippen LogP) is 0.729. The maximum Gasteiger partial charge on any atom is 0.326 e. The standard InChI is InChI=1S/C11H22N2O3/c1-4-6-8(12)10(14)13-9(11(15)16)7(3)5-2/h7-9H,4-6,12H2,1-3H3,(H,13,14)(H,15,16)/t7-,8+,9-/m0/s1. The monoisotopic (exact) mass is 230 g/mol. The van der Waals surface area contributed by atoms with Crippen LogP contribution >= 0.6 is 0 Å². The lowest BCUT2D eigenvalue weighted by atomic mass is 9.98. The summed E-state index contributed by atoms with van der Waals surface area (Å²) in [5, 5.41) is 11.5. The molecule has 0 saturated heterocycles. The van der Waals surface area contributed by atoms with Crippen molar-refractivity contribution in [3.05, 3.63) is 0 Å². The number of carboxylic acids is 1. The lowest BCUT2D eigenvalue weighted by Gasteiger charge is -2.22. The molecule has 16 heavy (non-hydrogen) atoms. The van der Waals surface area contributed by atoms with E-state index in [1.165, 1.54) is 0 Å². The Bertz CT molecular complexity index is 243. The summed E-state index contributed by atoms with van der Waals surface area (Å²) in [6, 6.07) is -1.46. The number of hydrogen-bond acceptors (Lipinski definition) is 3. The van der Waals surface area contributed by atoms with Crippen LogP contribution in [0.25, 0.3) is 0 Å². The van der Waals surface area contributed by atoms with Crippen LogP contribution in [0.3, 0.4) is 0 Å². The highest BCUT2D eigenvalue weighted by Crippen LogP contribution is 2.08. The molecule has 0 aliphatic rings. The predicted molar refractivity (Wildman–Crippen MR) is 61.9 cm³/mol. The van der Waals surface area contributed by atoms with Crippen LogP contribution in [-0.4, -0.2) is 29.1 Å². The van der Waals surface area contributed by atoms with Gasteiger partial charge >= 0.3 is 5.97 Å². The second kappa shape index (κ2) is 7.22. The van der Waals surface area contributed by atoms with Gasteiger partial charge in [0.1, 0.15) is 6.04 Å². The topological polar surface area (TPSA) is 92.4 Å². The van der Waals surface area contributed by atoms with Crippen LogP contribution < -0.4 is 11.1 Å². The first-order valence-corrected chi connectivity index (χ1v) is 5.72. The van der Waals surface area contributed by atoms with E-state index in [2.05, 4.69) is 5.32 Å². The Labute approximate surface area is 96.4 Å². The number of nitrogens with one attached hydrogen (secondary N) is 1. The molecular formula is C11H22N2O3. The first-order chi connectivity index (χ1) is 7.43. The zero-order valence-electron chi connectivity index (χ0n) is 10.2. The second-order valence-corrected chi connectivity index (χ2v) is 4.11. The van der Waals surface area contributed by atoms with Gasteiger partial charge in [-0.3, -0.25) is 4.79 Å². The largest absolute Gasteiger partial charge is 0.480 e. The minimum atomic E-state index is -1.01. The third-order valence-corrected chi connectivity index (χ3v) is 2.71. The molecule has 0 heterocycles. The fraction of sp³-hybridized carbons (Fsp3) is 0.818. The molecule has 0 aromatic carbocycles. The Balaban J connectivity index is 4.40. The Morgan fingerprint density at radius 2 is 1.94 bits per heavy atom. The van der Waals surface area contributed by atoms with Gasteiger partial charge in [-0.1, -0.05) is 33.6 Å². The molecule has 4 N–H and O–H groups in total. The van der Waals surface area contributed by atoms with Crippen LogP contribution in [0, 0.1) is 5.92 Å². The highest BCUT2D eigenvalue weighted by Gasteiger charge is 2.26. The number of amides is 1. The van der Waals surface area contributed by atoms with Gasteiger partial charge in [0.25, 0.3) is 0 Å². The molecule has 5 heteroatoms. The fourth-order valence-corrected chi connectivity index (χ4v) is 1.39. The zero-order valence-corrected chi connectivity index (χ0v) is 10.2. The van der Waals surface area contributed by atoms with Crippen molar-refractivity contribution in [1.82, 2.24) is 5.32 Å². The van der Waals surface area contributed by atoms with E-state index >= 15 is 0 Å². The molecule has 0 unspecified atom stereocenters. The van der Waals surface area contributed by atoms with Crippen LogP contribution in [0.1, 0.15) is 40.0 Å². The van der Waals surface area contributed by atoms with Crippen LogP contribution in [0.4, 0.5) is 0 Å². The number of aliphatic carboxylic acids is 1. The summed E-state index contributed by atoms with van der Waals surface area (Å²) in [5.74, 6) is -1.49. The van der Waals surface area contributed by atoms with E-state index in [9.17, 15) is 9.59 Å². The van der Waals surface area contributed by atoms with E-state index in [0.29, 0.717) is 12.8 Å². The first-order valence-electron chi connectivity index (χ1n) is 5.72. The first kappa shape index (κ1) is 14.9. The Morgan fingerprint density at radius 1 is 1.38 bits per heavy atom. The molecule has 0 radical (unpaired) electrons. The Hall–Kier alpha value is -1.10. The van der Waals surface area contributed by atoms with Crippen LogP contribution in [0.5, 0.6) is 0 Å². The van der Waals surface area contributed by atoms with Crippen molar-refractivity contribution in [2.24, 2.45) is 11.7 Å². The van der Waals surface area contributed by atoms with Crippen molar-refractivity contribution in [1.29, 1.82) is 0 Å². The summed E-state index contributed by atoms with van der Waals surface area (Å²) in [5.41, 5.74) is 5.61. The summed E-state index contributed by atoms with van der Waals surface area (Å²) in [6.07, 6.45) is 2.06. The summed E-state index contributed by atoms with van der Waals surface area (Å²) in [6.45, 7) is 5.61. The normalized spacial score (nSPS) is 16.2. The third kappa shape index (κ3) is 4.61. The molecule has 0 aliphatic carbocycles. The summed E-state index contributed by atoms with van der Waals surface area (Å²) < 4.78 is 0. The Kier molecular flexibility index (Phi) is 6.72. The molecule has 0 aliphatic heterocycles. The van der Waals surface area contributed by atoms with Crippen LogP contribution in [0.15, 0.2) is 0 Å². The minimum Gasteiger partial charge on any atom is -0.480 e. The summed E-state index contributed by atoms with van der Waals surface area (Å²) in [4.78, 5) is 22.5. The third-order valence-electron chi connectivity index (χ3n) is 2.71. The van der Waals surface area contributed by atoms with Crippen molar-refractivity contribution in [3.8, 4) is 0 Å². The maximum absolute atomic E-state index is 11.6. The number of rotatable bonds is 7. The lowest BCUT2D eigenvalue weighted by molar-refractivity contribution is -0.143. The molecule has 3 atom stereocenters. The van der Waals surface area contributed by atoms with Crippen LogP contribution in [0.2, 0.25) is 0 Å². The average molecular weight is 230 g/mol. The highest BCUT2D eigenvalue weighted by atomic mass is 16.4. The van der Waals surface area contributed by atoms with Crippen molar-refractivity contribution < 1.29 is 14.7 Å². The molecule has 5 nitrogen and oxygen atoms in total. The molecule has 94 valence electrons. The van der Waals surface area contributed by atoms with Gasteiger partial charge in [0.05, 0.1) is 6.04 Å². The van der Waals surface area contributed by atoms with Gasteiger partial charge in [-0.05, 0) is 12.3 Å². The molecule has 1 amide bonds. The number of carboxylic acid groups (broad SMARTS) is 1. The molecular weight excluding hydrogens is 208 g/mol. The van der Waals surface area contributed by atoms with E-state index in [1.807, 2.05) is 13.8 Å². The molecule has 0 rings (SSSR count). The SMILES string of the molecule is CCC[C@@H](N)C(=O)N[C@H](C(=O)O)[C@@H](C)CC. The van der Waals surface area contributed by atoms with Gasteiger partial charge in [0, 0.05) is 0 Å². The molecule has 0 spiro atoms. The maximum atomic E-state index is 11.6. The van der Waals surface area contributed by atoms with E-state index in [4.69, 9.17) is 10.8 Å². The van der Waals surface area contributed by atoms with Crippen LogP contribution in [-0.2, 0) is 9.59 Å². The Morgan fingerprint density at radius 3 is 2.31 bits per heavy atom. The second-order valence-electron chi connectivity index (χ2n) is 4.11. The summed E-state index contributed by atoms with van der Waals surface area (Å²) in [7, 11) is 0. The molecule has 0 fully saturated rings. The fourth-order valence-electron chi connectivity index (χ4n) is 1.39. The smallest absolute Gasteiger partial charge is 0.326 e. The highest BCUT2D eigenvalue weighted by molar-refractivity contribution is 5.86. The van der Waals surface area contributed by atoms with E-state index in [1.54, 1.807) is 6.92 Å². The number of hydrogen-bond donors (Lipinski definition) is 3. The molecule has 0 saturated carbocycles. The number of carbonyl (C=O) groups excluding carboxylic acids is 1. The van der Waals surface area contributed by atoms with Gasteiger partial charge in [0.15, 0.2) is 0 Å². The van der Waals surface area contributed by atoms with Gasteiger partial charge in [0.2, 0.25) is 5.91 Å². The molecule has 0 aromatic rings. The van der Waals surface area contributed by atoms with Gasteiger partial charge in [-0.25, -0.2) is 4.79 Å². The molecule has 0 bridgehead atoms. The van der Waals surface area contributed by atoms with Crippen molar-refractivity contribution in [3.63, 3.8) is 0 Å². The van der Waals surface area contributed by atoms with E-state index in [0.717, 1.165) is 6.42 Å². The van der Waals surface area contributed by atoms with E-state index in [-0.39, 0.29) is 11.8 Å². The average Bonchev–Trinajstić information content (AvgIpc) is 2.24. The van der Waals surface area contributed by atoms with Crippen molar-refractivity contribution >= 4 is 11.9 Å². The quantitative estimate of drug-likeness (QED) is 0.601. The lowest BCUT2D eigenvalue weighted by Crippen LogP contribution is -2.50. The molecule has 0 aromatic heterocycles. The van der Waals surface area contributed by atoms with Crippen molar-refractivity contribution in [2.75, 3.05) is 0 Å². The van der Waals surface area contributed by atoms with Crippen molar-refractivity contribution in [2.45, 2.75) is 52.1 Å². The van der Waals surface area contributed by atoms with Gasteiger partial charge in [-0.2, -0.15) is 0 Å².